The highest BCUT2D eigenvalue weighted by Gasteiger charge is 2.17. The van der Waals surface area contributed by atoms with E-state index in [2.05, 4.69) is 15.5 Å². The third kappa shape index (κ3) is 2.67. The number of benzene rings is 1. The molecule has 1 amide bonds. The first kappa shape index (κ1) is 12.9. The van der Waals surface area contributed by atoms with Crippen molar-refractivity contribution in [2.45, 2.75) is 19.8 Å². The quantitative estimate of drug-likeness (QED) is 0.680. The molecule has 0 spiro atoms. The zero-order chi connectivity index (χ0) is 14.0. The number of phenols is 2. The van der Waals surface area contributed by atoms with E-state index in [1.807, 2.05) is 13.8 Å². The molecular weight excluding hydrogens is 246 g/mol. The van der Waals surface area contributed by atoms with E-state index in [9.17, 15) is 15.0 Å². The van der Waals surface area contributed by atoms with E-state index in [1.165, 1.54) is 18.2 Å². The van der Waals surface area contributed by atoms with Gasteiger partial charge in [0.25, 0.3) is 5.91 Å². The molecule has 0 aliphatic rings. The van der Waals surface area contributed by atoms with Crippen molar-refractivity contribution in [1.29, 1.82) is 0 Å². The molecule has 2 aromatic rings. The molecule has 2 rings (SSSR count). The lowest BCUT2D eigenvalue weighted by Gasteiger charge is -2.06. The molecule has 0 bridgehead atoms. The van der Waals surface area contributed by atoms with E-state index in [-0.39, 0.29) is 23.0 Å². The number of phenolic OH excluding ortho intramolecular Hbond substituents is 2. The minimum absolute atomic E-state index is 0.170. The summed E-state index contributed by atoms with van der Waals surface area (Å²) in [5.74, 6) is -0.570. The Labute approximate surface area is 110 Å². The lowest BCUT2D eigenvalue weighted by Crippen LogP contribution is -2.12. The molecule has 0 unspecified atom stereocenters. The standard InChI is InChI=1S/C13H15N3O3/c1-7(2)8-6-11(16-15-8)14-13(19)12-9(17)4-3-5-10(12)18/h3-7,17-18H,1-2H3,(H2,14,15,16,19). The molecule has 6 heteroatoms. The second-order valence-electron chi connectivity index (χ2n) is 4.49. The fourth-order valence-corrected chi connectivity index (χ4v) is 1.64. The minimum atomic E-state index is -0.614. The topological polar surface area (TPSA) is 98.2 Å². The lowest BCUT2D eigenvalue weighted by atomic mass is 10.1. The predicted octanol–water partition coefficient (Wildman–Crippen LogP) is 2.20. The fourth-order valence-electron chi connectivity index (χ4n) is 1.64. The first-order valence-electron chi connectivity index (χ1n) is 5.86. The molecule has 1 heterocycles. The molecule has 0 radical (unpaired) electrons. The molecule has 0 aliphatic carbocycles. The first-order chi connectivity index (χ1) is 8.99. The van der Waals surface area contributed by atoms with E-state index in [4.69, 9.17) is 0 Å². The monoisotopic (exact) mass is 261 g/mol. The number of nitrogens with one attached hydrogen (secondary N) is 2. The number of aromatic amines is 1. The number of nitrogens with zero attached hydrogens (tertiary/aromatic N) is 1. The number of amides is 1. The van der Waals surface area contributed by atoms with Crippen LogP contribution in [0.25, 0.3) is 0 Å². The Bertz CT molecular complexity index is 585. The van der Waals surface area contributed by atoms with Crippen molar-refractivity contribution < 1.29 is 15.0 Å². The van der Waals surface area contributed by atoms with Gasteiger partial charge in [-0.15, -0.1) is 0 Å². The zero-order valence-electron chi connectivity index (χ0n) is 10.6. The summed E-state index contributed by atoms with van der Waals surface area (Å²) in [6.07, 6.45) is 0. The van der Waals surface area contributed by atoms with Gasteiger partial charge >= 0.3 is 0 Å². The van der Waals surface area contributed by atoms with Gasteiger partial charge < -0.3 is 15.5 Å². The van der Waals surface area contributed by atoms with Gasteiger partial charge in [-0.2, -0.15) is 5.10 Å². The first-order valence-corrected chi connectivity index (χ1v) is 5.86. The number of rotatable bonds is 3. The van der Waals surface area contributed by atoms with Gasteiger partial charge in [-0.25, -0.2) is 0 Å². The molecular formula is C13H15N3O3. The van der Waals surface area contributed by atoms with Crippen LogP contribution in [0.4, 0.5) is 5.82 Å². The van der Waals surface area contributed by atoms with Crippen LogP contribution >= 0.6 is 0 Å². The number of hydrogen-bond donors (Lipinski definition) is 4. The molecule has 100 valence electrons. The summed E-state index contributed by atoms with van der Waals surface area (Å²) in [5, 5.41) is 28.4. The number of H-pyrrole nitrogens is 1. The Balaban J connectivity index is 2.21. The van der Waals surface area contributed by atoms with Gasteiger partial charge in [0.05, 0.1) is 0 Å². The summed E-state index contributed by atoms with van der Waals surface area (Å²) < 4.78 is 0. The van der Waals surface area contributed by atoms with Crippen LogP contribution in [0.3, 0.4) is 0 Å². The molecule has 0 saturated carbocycles. The lowest BCUT2D eigenvalue weighted by molar-refractivity contribution is 0.102. The van der Waals surface area contributed by atoms with E-state index in [1.54, 1.807) is 6.07 Å². The van der Waals surface area contributed by atoms with Crippen LogP contribution in [0.15, 0.2) is 24.3 Å². The van der Waals surface area contributed by atoms with Crippen molar-refractivity contribution in [1.82, 2.24) is 10.2 Å². The molecule has 19 heavy (non-hydrogen) atoms. The highest BCUT2D eigenvalue weighted by molar-refractivity contribution is 6.07. The molecule has 1 aromatic carbocycles. The summed E-state index contributed by atoms with van der Waals surface area (Å²) in [4.78, 5) is 11.9. The summed E-state index contributed by atoms with van der Waals surface area (Å²) >= 11 is 0. The summed E-state index contributed by atoms with van der Waals surface area (Å²) in [6, 6.07) is 5.82. The van der Waals surface area contributed by atoms with Crippen LogP contribution in [0.5, 0.6) is 11.5 Å². The van der Waals surface area contributed by atoms with E-state index < -0.39 is 5.91 Å². The third-order valence-electron chi connectivity index (χ3n) is 2.71. The van der Waals surface area contributed by atoms with Gasteiger partial charge in [0.15, 0.2) is 5.82 Å². The van der Waals surface area contributed by atoms with E-state index in [0.29, 0.717) is 5.82 Å². The summed E-state index contributed by atoms with van der Waals surface area (Å²) in [7, 11) is 0. The number of aromatic hydroxyl groups is 2. The van der Waals surface area contributed by atoms with Gasteiger partial charge in [-0.1, -0.05) is 19.9 Å². The number of hydrogen-bond acceptors (Lipinski definition) is 4. The van der Waals surface area contributed by atoms with Crippen molar-refractivity contribution in [2.75, 3.05) is 5.32 Å². The predicted molar refractivity (Wildman–Crippen MR) is 70.4 cm³/mol. The largest absolute Gasteiger partial charge is 0.507 e. The molecule has 1 aromatic heterocycles. The van der Waals surface area contributed by atoms with Crippen LogP contribution in [0, 0.1) is 0 Å². The smallest absolute Gasteiger partial charge is 0.264 e. The minimum Gasteiger partial charge on any atom is -0.507 e. The maximum absolute atomic E-state index is 11.9. The Kier molecular flexibility index (Phi) is 3.41. The number of anilines is 1. The Morgan fingerprint density at radius 3 is 2.47 bits per heavy atom. The SMILES string of the molecule is CC(C)c1cc(NC(=O)c2c(O)cccc2O)n[nH]1. The van der Waals surface area contributed by atoms with Crippen molar-refractivity contribution in [3.8, 4) is 11.5 Å². The van der Waals surface area contributed by atoms with Crippen molar-refractivity contribution >= 4 is 11.7 Å². The number of aromatic nitrogens is 2. The summed E-state index contributed by atoms with van der Waals surface area (Å²) in [5.41, 5.74) is 0.716. The van der Waals surface area contributed by atoms with Gasteiger partial charge in [0.2, 0.25) is 0 Å². The Morgan fingerprint density at radius 1 is 1.32 bits per heavy atom. The van der Waals surface area contributed by atoms with Crippen LogP contribution in [0.2, 0.25) is 0 Å². The molecule has 0 aliphatic heterocycles. The molecule has 4 N–H and O–H groups in total. The van der Waals surface area contributed by atoms with Crippen LogP contribution in [-0.4, -0.2) is 26.3 Å². The van der Waals surface area contributed by atoms with Gasteiger partial charge in [-0.3, -0.25) is 9.89 Å². The van der Waals surface area contributed by atoms with Crippen molar-refractivity contribution in [3.63, 3.8) is 0 Å². The number of carbonyl (C=O) groups is 1. The molecule has 0 fully saturated rings. The van der Waals surface area contributed by atoms with E-state index >= 15 is 0 Å². The number of carbonyl (C=O) groups excluding carboxylic acids is 1. The highest BCUT2D eigenvalue weighted by Crippen LogP contribution is 2.27. The average Bonchev–Trinajstić information content (AvgIpc) is 2.77. The Hall–Kier alpha value is -2.50. The normalized spacial score (nSPS) is 10.7. The van der Waals surface area contributed by atoms with Gasteiger partial charge in [0, 0.05) is 11.8 Å². The maximum Gasteiger partial charge on any atom is 0.264 e. The molecule has 0 atom stereocenters. The van der Waals surface area contributed by atoms with E-state index in [0.717, 1.165) is 5.69 Å². The zero-order valence-corrected chi connectivity index (χ0v) is 10.6. The molecule has 6 nitrogen and oxygen atoms in total. The van der Waals surface area contributed by atoms with Crippen LogP contribution in [-0.2, 0) is 0 Å². The van der Waals surface area contributed by atoms with Crippen LogP contribution < -0.4 is 5.32 Å². The Morgan fingerprint density at radius 2 is 1.95 bits per heavy atom. The third-order valence-corrected chi connectivity index (χ3v) is 2.71. The van der Waals surface area contributed by atoms with Crippen molar-refractivity contribution in [3.05, 3.63) is 35.5 Å². The maximum atomic E-state index is 11.9. The highest BCUT2D eigenvalue weighted by atomic mass is 16.3. The fraction of sp³-hybridized carbons (Fsp3) is 0.231. The summed E-state index contributed by atoms with van der Waals surface area (Å²) in [6.45, 7) is 3.99. The van der Waals surface area contributed by atoms with Gasteiger partial charge in [-0.05, 0) is 18.1 Å². The second kappa shape index (κ2) is 5.01. The van der Waals surface area contributed by atoms with Crippen LogP contribution in [0.1, 0.15) is 35.8 Å². The second-order valence-corrected chi connectivity index (χ2v) is 4.49. The average molecular weight is 261 g/mol. The molecule has 0 saturated heterocycles. The van der Waals surface area contributed by atoms with Crippen molar-refractivity contribution in [2.24, 2.45) is 0 Å². The van der Waals surface area contributed by atoms with Gasteiger partial charge in [0.1, 0.15) is 17.1 Å².